The number of methoxy groups -OCH3 is 2. The molecule has 578 valence electrons. The van der Waals surface area contributed by atoms with Gasteiger partial charge < -0.3 is 36.1 Å². The lowest BCUT2D eigenvalue weighted by Gasteiger charge is -2.39. The molecule has 0 radical (unpaired) electrons. The van der Waals surface area contributed by atoms with Crippen LogP contribution in [0.1, 0.15) is 124 Å². The zero-order valence-corrected chi connectivity index (χ0v) is 61.9. The number of hydrogen-bond donors (Lipinski definition) is 5. The quantitative estimate of drug-likeness (QED) is 0.0175. The number of alkyl halides is 1. The lowest BCUT2D eigenvalue weighted by atomic mass is 9.81. The number of ketones is 1. The maximum Gasteiger partial charge on any atom is 0.488 e. The number of benzene rings is 4. The average molecular weight is 1550 g/mol. The van der Waals surface area contributed by atoms with Gasteiger partial charge in [-0.3, -0.25) is 39.1 Å². The summed E-state index contributed by atoms with van der Waals surface area (Å²) in [5.74, 6) is -0.790. The first kappa shape index (κ1) is 87.3. The van der Waals surface area contributed by atoms with Crippen molar-refractivity contribution in [3.8, 4) is 67.7 Å². The van der Waals surface area contributed by atoms with Crippen molar-refractivity contribution in [3.63, 3.8) is 0 Å². The Morgan fingerprint density at radius 2 is 0.973 bits per heavy atom. The maximum absolute atomic E-state index is 13.2. The Hall–Kier alpha value is -11.0. The van der Waals surface area contributed by atoms with Gasteiger partial charge in [-0.05, 0) is 143 Å². The van der Waals surface area contributed by atoms with Gasteiger partial charge in [0.15, 0.2) is 5.78 Å². The molecule has 111 heavy (non-hydrogen) atoms. The van der Waals surface area contributed by atoms with E-state index in [9.17, 15) is 27.2 Å². The number of carbonyl (C=O) groups is 2. The average Bonchev–Trinajstić information content (AvgIpc) is 0.773. The summed E-state index contributed by atoms with van der Waals surface area (Å²) in [4.78, 5) is 62.1. The predicted octanol–water partition coefficient (Wildman–Crippen LogP) is 17.2. The van der Waals surface area contributed by atoms with Crippen LogP contribution >= 0.6 is 19.5 Å². The molecule has 14 rings (SSSR count). The van der Waals surface area contributed by atoms with E-state index in [-0.39, 0.29) is 39.6 Å². The summed E-state index contributed by atoms with van der Waals surface area (Å²) in [7, 11) is 0.730. The summed E-state index contributed by atoms with van der Waals surface area (Å²) < 4.78 is 65.4. The molecule has 2 aliphatic rings. The van der Waals surface area contributed by atoms with Crippen molar-refractivity contribution >= 4 is 49.2 Å². The summed E-state index contributed by atoms with van der Waals surface area (Å²) in [6, 6.07) is 48.6. The van der Waals surface area contributed by atoms with Crippen LogP contribution in [0.3, 0.4) is 0 Å². The van der Waals surface area contributed by atoms with Gasteiger partial charge in [0.2, 0.25) is 17.8 Å². The fourth-order valence-corrected chi connectivity index (χ4v) is 16.1. The van der Waals surface area contributed by atoms with Gasteiger partial charge in [0, 0.05) is 121 Å². The third-order valence-corrected chi connectivity index (χ3v) is 21.3. The first-order valence-electron chi connectivity index (χ1n) is 35.8. The van der Waals surface area contributed by atoms with Crippen molar-refractivity contribution in [1.82, 2.24) is 49.8 Å². The first-order valence-corrected chi connectivity index (χ1v) is 36.9. The number of nitrogens with zero attached hydrogens (tertiary/aromatic N) is 10. The largest absolute Gasteiger partial charge is 0.496 e. The number of ether oxygens (including phenoxy) is 2. The van der Waals surface area contributed by atoms with Crippen LogP contribution in [0.25, 0.3) is 56.2 Å². The minimum atomic E-state index is -1.63. The SMILES string of the molecule is C.C.COc1cccc(OC)c1-c1ccccc1P(C1CCCCC1)C1CCCCC1.NCc1ccc(-c2ccnc(F)c2)nc1.NCc1ccc(Cl)nc1.O=C(CCc1ccc(-c2ccnc(F)c2)nc1)c1ccc(-c2cnccn2)cc1.O=C(O)c1ccc(-c2cnccn2)cc1.OB(O)c1ccnc(F)c1.[2H]CF. The van der Waals surface area contributed by atoms with E-state index >= 15 is 0 Å². The molecule has 26 heteroatoms. The molecule has 4 aromatic carbocycles. The minimum absolute atomic E-state index is 0. The van der Waals surface area contributed by atoms with Crippen molar-refractivity contribution in [2.24, 2.45) is 11.5 Å². The molecule has 12 aromatic rings. The number of carboxylic acids is 1. The van der Waals surface area contributed by atoms with Crippen LogP contribution in [-0.2, 0) is 19.5 Å². The van der Waals surface area contributed by atoms with Crippen LogP contribution < -0.4 is 31.7 Å². The number of carbonyl (C=O) groups excluding carboxylic acids is 1. The van der Waals surface area contributed by atoms with Gasteiger partial charge in [-0.2, -0.15) is 13.2 Å². The Balaban J connectivity index is 0.000000218. The van der Waals surface area contributed by atoms with Gasteiger partial charge in [-0.1, -0.05) is 158 Å². The van der Waals surface area contributed by atoms with Crippen molar-refractivity contribution in [2.45, 2.75) is 116 Å². The Labute approximate surface area is 654 Å². The van der Waals surface area contributed by atoms with E-state index in [0.29, 0.717) is 59.2 Å². The highest BCUT2D eigenvalue weighted by Crippen LogP contribution is 2.57. The third kappa shape index (κ3) is 27.8. The zero-order chi connectivity index (χ0) is 78.4. The van der Waals surface area contributed by atoms with E-state index in [0.717, 1.165) is 73.7 Å². The number of aromatic nitrogens is 10. The van der Waals surface area contributed by atoms with Crippen LogP contribution in [0.2, 0.25) is 5.15 Å². The van der Waals surface area contributed by atoms with Gasteiger partial charge in [0.1, 0.15) is 16.7 Å². The van der Waals surface area contributed by atoms with Crippen LogP contribution in [0, 0.1) is 17.8 Å². The smallest absolute Gasteiger partial charge is 0.488 e. The summed E-state index contributed by atoms with van der Waals surface area (Å²) in [5, 5.41) is 27.8. The minimum Gasteiger partial charge on any atom is -0.496 e. The Morgan fingerprint density at radius 3 is 1.38 bits per heavy atom. The number of pyridine rings is 6. The molecule has 0 unspecified atom stereocenters. The normalized spacial score (nSPS) is 12.2. The molecule has 2 saturated carbocycles. The highest BCUT2D eigenvalue weighted by atomic mass is 35.5. The molecule has 8 aromatic heterocycles. The van der Waals surface area contributed by atoms with Gasteiger partial charge in [-0.25, -0.2) is 24.7 Å². The second-order valence-corrected chi connectivity index (χ2v) is 27.8. The summed E-state index contributed by atoms with van der Waals surface area (Å²) in [5.41, 5.74) is 25.0. The van der Waals surface area contributed by atoms with E-state index in [1.165, 1.54) is 107 Å². The maximum atomic E-state index is 13.2. The number of Topliss-reactive ketones (excluding diaryl/α,β-unsaturated/α-hetero) is 1. The van der Waals surface area contributed by atoms with Crippen LogP contribution in [-0.4, -0.2) is 117 Å². The lowest BCUT2D eigenvalue weighted by Crippen LogP contribution is -2.30. The fraction of sp³-hybridized carbons (Fsp3) is 0.247. The number of halogens is 5. The molecule has 2 aliphatic carbocycles. The van der Waals surface area contributed by atoms with Crippen molar-refractivity contribution in [1.29, 1.82) is 0 Å². The highest BCUT2D eigenvalue weighted by molar-refractivity contribution is 7.67. The summed E-state index contributed by atoms with van der Waals surface area (Å²) >= 11 is 5.52. The van der Waals surface area contributed by atoms with Crippen molar-refractivity contribution < 1.29 is 53.1 Å². The number of aromatic carboxylic acids is 1. The molecular weight excluding hydrogens is 1450 g/mol. The molecule has 0 amide bonds. The molecule has 0 spiro atoms. The third-order valence-electron chi connectivity index (χ3n) is 17.5. The van der Waals surface area contributed by atoms with Gasteiger partial charge in [0.25, 0.3) is 0 Å². The van der Waals surface area contributed by atoms with E-state index in [2.05, 4.69) is 86.2 Å². The highest BCUT2D eigenvalue weighted by Gasteiger charge is 2.34. The standard InChI is InChI=1S/C26H35O2P.C23H17FN4O.C11H10FN3.C11H8N2O2.C6H7ClN2.C5H5BFNO2.CH3F.2CH4/c1-27-23-17-11-18-24(28-2)26(23)22-16-9-10-19-25(22)29(20-12-5-3-6-13-20)21-14-7-4-8-15-21;24-23-13-19(9-10-27-23)20-7-1-16(14-28-20)2-8-22(29)18-5-3-17(4-6-18)21-15-25-11-12-26-21;12-11-5-9(3-4-14-11)10-2-1-8(6-13)7-15-10;14-11(15)9-3-1-8(2-4-9)10-7-12-5-6-13-10;7-6-2-1-5(3-8)4-9-6;7-5-3-4(6(9)10)1-2-8-5;1-2;;/h9-11,16-21H,3-8,12-15H2,1-2H3;1,3-7,9-15H,2,8H2;1-5,7H,6,13H2;1-7H,(H,14,15);1-2,4H,3,8H2;1-3,9-10H;1H3;2*1H4/i;;;;;;1D;;. The van der Waals surface area contributed by atoms with E-state index < -0.39 is 38.1 Å². The van der Waals surface area contributed by atoms with E-state index in [1.54, 1.807) is 118 Å². The van der Waals surface area contributed by atoms with Crippen molar-refractivity contribution in [2.75, 3.05) is 21.4 Å². The molecule has 19 nitrogen and oxygen atoms in total. The first-order chi connectivity index (χ1) is 53.5. The Morgan fingerprint density at radius 1 is 0.514 bits per heavy atom. The van der Waals surface area contributed by atoms with Gasteiger partial charge in [0.05, 0.1) is 69.0 Å². The van der Waals surface area contributed by atoms with Gasteiger partial charge in [-0.15, -0.1) is 0 Å². The number of rotatable bonds is 18. The molecule has 7 N–H and O–H groups in total. The predicted molar refractivity (Wildman–Crippen MR) is 434 cm³/mol. The van der Waals surface area contributed by atoms with Crippen LogP contribution in [0.5, 0.6) is 11.5 Å². The Bertz CT molecular complexity index is 4700. The van der Waals surface area contributed by atoms with Crippen molar-refractivity contribution in [3.05, 3.63) is 289 Å². The monoisotopic (exact) mass is 1550 g/mol. The topological polar surface area (TPSA) is 294 Å². The molecule has 0 bridgehead atoms. The number of nitrogens with two attached hydrogens (primary N) is 2. The molecule has 0 atom stereocenters. The number of aryl methyl sites for hydroxylation is 1. The summed E-state index contributed by atoms with van der Waals surface area (Å²) in [6.45, 7) is 0.974. The van der Waals surface area contributed by atoms with E-state index in [4.69, 9.17) is 49.1 Å². The molecule has 2 fully saturated rings. The van der Waals surface area contributed by atoms with E-state index in [1.807, 2.05) is 60.7 Å². The second-order valence-electron chi connectivity index (χ2n) is 24.6. The number of hydrogen-bond acceptors (Lipinski definition) is 18. The summed E-state index contributed by atoms with van der Waals surface area (Å²) in [6.07, 6.45) is 34.0. The second kappa shape index (κ2) is 47.8. The molecule has 0 saturated heterocycles. The fourth-order valence-electron chi connectivity index (χ4n) is 12.0. The zero-order valence-electron chi connectivity index (χ0n) is 61.3. The lowest BCUT2D eigenvalue weighted by molar-refractivity contribution is 0.0696. The molecular formula is C85H93BClF4N12O7P. The number of carboxylic acid groups (broad SMARTS) is 1. The van der Waals surface area contributed by atoms with Gasteiger partial charge >= 0.3 is 13.1 Å². The molecule has 0 aliphatic heterocycles. The van der Waals surface area contributed by atoms with Crippen LogP contribution in [0.4, 0.5) is 17.6 Å². The Kier molecular flexibility index (Phi) is 37.6. The van der Waals surface area contributed by atoms with Crippen LogP contribution in [0.15, 0.2) is 238 Å². The molecule has 8 heterocycles.